The first-order valence-electron chi connectivity index (χ1n) is 9.15. The molecule has 2 aromatic carbocycles. The Hall–Kier alpha value is -3.48. The van der Waals surface area contributed by atoms with Gasteiger partial charge in [-0.1, -0.05) is 55.0 Å². The van der Waals surface area contributed by atoms with Gasteiger partial charge >= 0.3 is 0 Å². The number of hydrogen-bond acceptors (Lipinski definition) is 4. The van der Waals surface area contributed by atoms with E-state index in [-0.39, 0.29) is 17.2 Å². The van der Waals surface area contributed by atoms with Gasteiger partial charge in [0.15, 0.2) is 5.69 Å². The van der Waals surface area contributed by atoms with Gasteiger partial charge in [0.05, 0.1) is 10.8 Å². The van der Waals surface area contributed by atoms with Crippen molar-refractivity contribution in [3.05, 3.63) is 76.2 Å². The molecule has 0 radical (unpaired) electrons. The molecule has 3 aromatic rings. The molecule has 0 aliphatic heterocycles. The summed E-state index contributed by atoms with van der Waals surface area (Å²) in [6, 6.07) is 16.4. The van der Waals surface area contributed by atoms with Crippen LogP contribution in [0.25, 0.3) is 10.8 Å². The Bertz CT molecular complexity index is 1120. The van der Waals surface area contributed by atoms with Gasteiger partial charge in [-0.05, 0) is 24.5 Å². The SMILES string of the molecule is Cn1nc(C(=O)NNC(=O)C2(c3ccccc3)CCC2)c2ccccc2c1=O. The monoisotopic (exact) mass is 376 g/mol. The van der Waals surface area contributed by atoms with Gasteiger partial charge in [0.2, 0.25) is 5.91 Å². The second kappa shape index (κ2) is 6.92. The molecule has 0 atom stereocenters. The van der Waals surface area contributed by atoms with E-state index in [1.54, 1.807) is 24.3 Å². The molecule has 4 rings (SSSR count). The number of carbonyl (C=O) groups is 2. The van der Waals surface area contributed by atoms with Crippen LogP contribution in [-0.2, 0) is 17.3 Å². The smallest absolute Gasteiger partial charge is 0.272 e. The Kier molecular flexibility index (Phi) is 4.43. The van der Waals surface area contributed by atoms with Crippen molar-refractivity contribution in [2.75, 3.05) is 0 Å². The summed E-state index contributed by atoms with van der Waals surface area (Å²) in [5.74, 6) is -0.810. The minimum absolute atomic E-state index is 0.0837. The maximum atomic E-state index is 12.9. The van der Waals surface area contributed by atoms with E-state index in [0.29, 0.717) is 10.8 Å². The first-order valence-corrected chi connectivity index (χ1v) is 9.15. The molecule has 1 aliphatic carbocycles. The molecule has 0 unspecified atom stereocenters. The summed E-state index contributed by atoms with van der Waals surface area (Å²) >= 11 is 0. The van der Waals surface area contributed by atoms with Crippen LogP contribution >= 0.6 is 0 Å². The standard InChI is InChI=1S/C21H20N4O3/c1-25-19(27)16-11-6-5-10-15(16)17(24-25)18(26)22-23-20(28)21(12-7-13-21)14-8-3-2-4-9-14/h2-6,8-11H,7,12-13H2,1H3,(H,22,26)(H,23,28). The average Bonchev–Trinajstić information content (AvgIpc) is 2.69. The number of hydrazine groups is 1. The van der Waals surface area contributed by atoms with Crippen molar-refractivity contribution in [2.24, 2.45) is 7.05 Å². The van der Waals surface area contributed by atoms with Crippen LogP contribution in [0.4, 0.5) is 0 Å². The second-order valence-electron chi connectivity index (χ2n) is 7.03. The predicted molar refractivity (Wildman–Crippen MR) is 105 cm³/mol. The van der Waals surface area contributed by atoms with E-state index in [4.69, 9.17) is 0 Å². The molecular weight excluding hydrogens is 356 g/mol. The van der Waals surface area contributed by atoms with Crippen molar-refractivity contribution in [3.63, 3.8) is 0 Å². The molecule has 2 amide bonds. The Labute approximate surface area is 161 Å². The molecule has 142 valence electrons. The number of fused-ring (bicyclic) bond motifs is 1. The summed E-state index contributed by atoms with van der Waals surface area (Å²) in [5.41, 5.74) is 5.15. The highest BCUT2D eigenvalue weighted by molar-refractivity contribution is 6.05. The minimum atomic E-state index is -0.617. The maximum Gasteiger partial charge on any atom is 0.290 e. The summed E-state index contributed by atoms with van der Waals surface area (Å²) in [6.45, 7) is 0. The summed E-state index contributed by atoms with van der Waals surface area (Å²) in [6.07, 6.45) is 2.43. The second-order valence-corrected chi connectivity index (χ2v) is 7.03. The lowest BCUT2D eigenvalue weighted by molar-refractivity contribution is -0.130. The number of amides is 2. The highest BCUT2D eigenvalue weighted by Gasteiger charge is 2.45. The lowest BCUT2D eigenvalue weighted by Crippen LogP contribution is -2.54. The molecule has 0 bridgehead atoms. The highest BCUT2D eigenvalue weighted by Crippen LogP contribution is 2.43. The zero-order valence-electron chi connectivity index (χ0n) is 15.4. The number of aromatic nitrogens is 2. The Morgan fingerprint density at radius 2 is 1.61 bits per heavy atom. The van der Waals surface area contributed by atoms with Gasteiger partial charge in [-0.25, -0.2) is 4.68 Å². The number of rotatable bonds is 3. The van der Waals surface area contributed by atoms with E-state index >= 15 is 0 Å². The van der Waals surface area contributed by atoms with Crippen LogP contribution in [0.3, 0.4) is 0 Å². The third-order valence-corrected chi connectivity index (χ3v) is 5.43. The van der Waals surface area contributed by atoms with Crippen LogP contribution in [0.2, 0.25) is 0 Å². The van der Waals surface area contributed by atoms with Gasteiger partial charge in [-0.3, -0.25) is 25.2 Å². The number of aryl methyl sites for hydroxylation is 1. The summed E-state index contributed by atoms with van der Waals surface area (Å²) in [5, 5.41) is 4.92. The zero-order chi connectivity index (χ0) is 19.7. The molecule has 0 saturated heterocycles. The predicted octanol–water partition coefficient (Wildman–Crippen LogP) is 1.82. The molecule has 7 heteroatoms. The molecule has 1 heterocycles. The lowest BCUT2D eigenvalue weighted by atomic mass is 9.64. The fraction of sp³-hybridized carbons (Fsp3) is 0.238. The molecule has 1 fully saturated rings. The van der Waals surface area contributed by atoms with Crippen molar-refractivity contribution < 1.29 is 9.59 Å². The van der Waals surface area contributed by atoms with Gasteiger partial charge in [-0.2, -0.15) is 5.10 Å². The number of hydrogen-bond donors (Lipinski definition) is 2. The molecular formula is C21H20N4O3. The molecule has 1 saturated carbocycles. The quantitative estimate of drug-likeness (QED) is 0.682. The van der Waals surface area contributed by atoms with E-state index < -0.39 is 11.3 Å². The third-order valence-electron chi connectivity index (χ3n) is 5.43. The maximum absolute atomic E-state index is 12.9. The van der Waals surface area contributed by atoms with Crippen molar-refractivity contribution in [2.45, 2.75) is 24.7 Å². The Morgan fingerprint density at radius 3 is 2.25 bits per heavy atom. The van der Waals surface area contributed by atoms with Gasteiger partial charge in [0.1, 0.15) is 0 Å². The number of nitrogens with zero attached hydrogens (tertiary/aromatic N) is 2. The fourth-order valence-electron chi connectivity index (χ4n) is 3.69. The fourth-order valence-corrected chi connectivity index (χ4v) is 3.69. The summed E-state index contributed by atoms with van der Waals surface area (Å²) in [7, 11) is 1.49. The van der Waals surface area contributed by atoms with Crippen LogP contribution < -0.4 is 16.4 Å². The molecule has 1 aromatic heterocycles. The van der Waals surface area contributed by atoms with E-state index in [9.17, 15) is 14.4 Å². The van der Waals surface area contributed by atoms with Crippen LogP contribution in [0, 0.1) is 0 Å². The number of benzene rings is 2. The van der Waals surface area contributed by atoms with Gasteiger partial charge < -0.3 is 0 Å². The largest absolute Gasteiger partial charge is 0.290 e. The minimum Gasteiger partial charge on any atom is -0.272 e. The topological polar surface area (TPSA) is 93.1 Å². The van der Waals surface area contributed by atoms with E-state index in [0.717, 1.165) is 29.5 Å². The van der Waals surface area contributed by atoms with Crippen molar-refractivity contribution in [3.8, 4) is 0 Å². The first-order chi connectivity index (χ1) is 13.5. The van der Waals surface area contributed by atoms with E-state index in [2.05, 4.69) is 16.0 Å². The van der Waals surface area contributed by atoms with Crippen LogP contribution in [0.5, 0.6) is 0 Å². The van der Waals surface area contributed by atoms with Crippen molar-refractivity contribution >= 4 is 22.6 Å². The lowest BCUT2D eigenvalue weighted by Gasteiger charge is -2.40. The first kappa shape index (κ1) is 17.9. The highest BCUT2D eigenvalue weighted by atomic mass is 16.2. The normalized spacial score (nSPS) is 14.9. The summed E-state index contributed by atoms with van der Waals surface area (Å²) in [4.78, 5) is 37.8. The van der Waals surface area contributed by atoms with Crippen LogP contribution in [-0.4, -0.2) is 21.6 Å². The average molecular weight is 376 g/mol. The number of nitrogens with one attached hydrogen (secondary N) is 2. The summed E-state index contributed by atoms with van der Waals surface area (Å²) < 4.78 is 1.12. The van der Waals surface area contributed by atoms with Gasteiger partial charge in [0, 0.05) is 12.4 Å². The van der Waals surface area contributed by atoms with Crippen molar-refractivity contribution in [1.29, 1.82) is 0 Å². The van der Waals surface area contributed by atoms with E-state index in [1.807, 2.05) is 30.3 Å². The Morgan fingerprint density at radius 1 is 0.964 bits per heavy atom. The van der Waals surface area contributed by atoms with Gasteiger partial charge in [-0.15, -0.1) is 0 Å². The molecule has 0 spiro atoms. The molecule has 2 N–H and O–H groups in total. The van der Waals surface area contributed by atoms with Crippen LogP contribution in [0.15, 0.2) is 59.4 Å². The Balaban J connectivity index is 1.57. The van der Waals surface area contributed by atoms with E-state index in [1.165, 1.54) is 7.05 Å². The molecule has 1 aliphatic rings. The van der Waals surface area contributed by atoms with Gasteiger partial charge in [0.25, 0.3) is 11.5 Å². The number of carbonyl (C=O) groups excluding carboxylic acids is 2. The molecule has 7 nitrogen and oxygen atoms in total. The molecule has 28 heavy (non-hydrogen) atoms. The van der Waals surface area contributed by atoms with Crippen LogP contribution in [0.1, 0.15) is 35.3 Å². The zero-order valence-corrected chi connectivity index (χ0v) is 15.4. The van der Waals surface area contributed by atoms with Crippen molar-refractivity contribution in [1.82, 2.24) is 20.6 Å². The third kappa shape index (κ3) is 2.85.